The van der Waals surface area contributed by atoms with Crippen LogP contribution < -0.4 is 4.74 Å². The summed E-state index contributed by atoms with van der Waals surface area (Å²) in [6, 6.07) is 4.78. The molecule has 1 aliphatic rings. The van der Waals surface area contributed by atoms with Crippen LogP contribution in [0.25, 0.3) is 0 Å². The molecule has 22 heavy (non-hydrogen) atoms. The number of carboxylic acids is 1. The summed E-state index contributed by atoms with van der Waals surface area (Å²) in [5, 5.41) is 9.47. The van der Waals surface area contributed by atoms with Crippen LogP contribution >= 0.6 is 11.6 Å². The smallest absolute Gasteiger partial charge is 0.305 e. The third-order valence-corrected chi connectivity index (χ3v) is 3.94. The van der Waals surface area contributed by atoms with Crippen molar-refractivity contribution in [3.8, 4) is 5.75 Å². The van der Waals surface area contributed by atoms with E-state index in [2.05, 4.69) is 0 Å². The molecule has 0 aliphatic carbocycles. The van der Waals surface area contributed by atoms with Crippen molar-refractivity contribution in [3.05, 3.63) is 28.8 Å². The van der Waals surface area contributed by atoms with Crippen LogP contribution in [0.15, 0.2) is 18.2 Å². The van der Waals surface area contributed by atoms with Gasteiger partial charge in [0.15, 0.2) is 6.61 Å². The first-order chi connectivity index (χ1) is 10.5. The van der Waals surface area contributed by atoms with Gasteiger partial charge in [0.1, 0.15) is 5.75 Å². The molecule has 1 atom stereocenters. The average molecular weight is 328 g/mol. The first-order valence-corrected chi connectivity index (χ1v) is 7.33. The first kappa shape index (κ1) is 16.6. The van der Waals surface area contributed by atoms with Gasteiger partial charge < -0.3 is 19.5 Å². The predicted octanol–water partition coefficient (Wildman–Crippen LogP) is 1.73. The van der Waals surface area contributed by atoms with Crippen LogP contribution in [0.5, 0.6) is 5.75 Å². The summed E-state index contributed by atoms with van der Waals surface area (Å²) in [6.07, 6.45) is -0.137. The Morgan fingerprint density at radius 1 is 1.50 bits per heavy atom. The number of ether oxygens (including phenoxy) is 2. The highest BCUT2D eigenvalue weighted by molar-refractivity contribution is 6.31. The van der Waals surface area contributed by atoms with E-state index >= 15 is 0 Å². The number of morpholine rings is 1. The molecule has 0 spiro atoms. The minimum absolute atomic E-state index is 0.137. The third kappa shape index (κ3) is 4.11. The molecule has 0 saturated carbocycles. The minimum atomic E-state index is -0.958. The topological polar surface area (TPSA) is 76.1 Å². The van der Waals surface area contributed by atoms with E-state index in [-0.39, 0.29) is 25.5 Å². The Morgan fingerprint density at radius 2 is 2.27 bits per heavy atom. The van der Waals surface area contributed by atoms with Crippen molar-refractivity contribution in [2.24, 2.45) is 0 Å². The van der Waals surface area contributed by atoms with E-state index in [1.54, 1.807) is 18.2 Å². The van der Waals surface area contributed by atoms with Crippen molar-refractivity contribution in [2.75, 3.05) is 26.4 Å². The van der Waals surface area contributed by atoms with Crippen molar-refractivity contribution in [1.82, 2.24) is 4.90 Å². The van der Waals surface area contributed by atoms with Gasteiger partial charge in [-0.1, -0.05) is 17.7 Å². The molecule has 1 unspecified atom stereocenters. The molecule has 1 N–H and O–H groups in total. The molecule has 1 aliphatic heterocycles. The van der Waals surface area contributed by atoms with E-state index < -0.39 is 12.0 Å². The molecule has 6 nitrogen and oxygen atoms in total. The zero-order chi connectivity index (χ0) is 16.1. The van der Waals surface area contributed by atoms with Gasteiger partial charge in [0.2, 0.25) is 0 Å². The fourth-order valence-electron chi connectivity index (χ4n) is 2.32. The molecule has 1 aromatic carbocycles. The first-order valence-electron chi connectivity index (χ1n) is 6.96. The second kappa shape index (κ2) is 7.47. The van der Waals surface area contributed by atoms with Gasteiger partial charge in [-0.2, -0.15) is 0 Å². The molecule has 120 valence electrons. The number of rotatable bonds is 5. The summed E-state index contributed by atoms with van der Waals surface area (Å²) in [6.45, 7) is 2.66. The van der Waals surface area contributed by atoms with Crippen molar-refractivity contribution < 1.29 is 24.2 Å². The Hall–Kier alpha value is -1.79. The van der Waals surface area contributed by atoms with E-state index in [1.165, 1.54) is 4.90 Å². The molecule has 0 radical (unpaired) electrons. The third-order valence-electron chi connectivity index (χ3n) is 3.53. The maximum Gasteiger partial charge on any atom is 0.305 e. The number of carboxylic acid groups (broad SMARTS) is 1. The second-order valence-corrected chi connectivity index (χ2v) is 5.47. The fraction of sp³-hybridized carbons (Fsp3) is 0.467. The summed E-state index contributed by atoms with van der Waals surface area (Å²) < 4.78 is 10.8. The van der Waals surface area contributed by atoms with Crippen molar-refractivity contribution in [1.29, 1.82) is 0 Å². The fourth-order valence-corrected chi connectivity index (χ4v) is 2.49. The highest BCUT2D eigenvalue weighted by atomic mass is 35.5. The Balaban J connectivity index is 1.98. The van der Waals surface area contributed by atoms with Crippen LogP contribution in [-0.4, -0.2) is 54.3 Å². The average Bonchev–Trinajstić information content (AvgIpc) is 2.48. The Morgan fingerprint density at radius 3 is 3.00 bits per heavy atom. The lowest BCUT2D eigenvalue weighted by molar-refractivity contribution is -0.147. The van der Waals surface area contributed by atoms with Gasteiger partial charge in [-0.15, -0.1) is 0 Å². The summed E-state index contributed by atoms with van der Waals surface area (Å²) in [5.41, 5.74) is 0.765. The van der Waals surface area contributed by atoms with Gasteiger partial charge in [0.25, 0.3) is 5.91 Å². The van der Waals surface area contributed by atoms with Crippen molar-refractivity contribution in [3.63, 3.8) is 0 Å². The molecular formula is C15H18ClNO5. The zero-order valence-electron chi connectivity index (χ0n) is 12.3. The molecule has 7 heteroatoms. The van der Waals surface area contributed by atoms with Crippen LogP contribution in [0.3, 0.4) is 0 Å². The Kier molecular flexibility index (Phi) is 5.63. The number of hydrogen-bond donors (Lipinski definition) is 1. The number of hydrogen-bond acceptors (Lipinski definition) is 4. The van der Waals surface area contributed by atoms with Crippen molar-refractivity contribution >= 4 is 23.5 Å². The molecule has 0 aromatic heterocycles. The number of halogens is 1. The van der Waals surface area contributed by atoms with Crippen LogP contribution in [0.2, 0.25) is 5.02 Å². The van der Waals surface area contributed by atoms with Gasteiger partial charge >= 0.3 is 5.97 Å². The van der Waals surface area contributed by atoms with E-state index in [9.17, 15) is 9.59 Å². The minimum Gasteiger partial charge on any atom is -0.483 e. The molecule has 1 heterocycles. The Labute approximate surface area is 133 Å². The summed E-state index contributed by atoms with van der Waals surface area (Å²) >= 11 is 6.00. The summed E-state index contributed by atoms with van der Waals surface area (Å²) in [4.78, 5) is 24.6. The predicted molar refractivity (Wildman–Crippen MR) is 80.3 cm³/mol. The van der Waals surface area contributed by atoms with E-state index in [0.29, 0.717) is 23.9 Å². The van der Waals surface area contributed by atoms with E-state index in [0.717, 1.165) is 5.56 Å². The molecule has 1 saturated heterocycles. The molecule has 1 amide bonds. The lowest BCUT2D eigenvalue weighted by atomic mass is 10.1. The maximum absolute atomic E-state index is 12.3. The van der Waals surface area contributed by atoms with Crippen LogP contribution in [0.1, 0.15) is 12.0 Å². The Bertz CT molecular complexity index is 563. The molecule has 2 rings (SSSR count). The lowest BCUT2D eigenvalue weighted by Gasteiger charge is -2.34. The monoisotopic (exact) mass is 327 g/mol. The SMILES string of the molecule is Cc1c(Cl)cccc1OCC(=O)N1CCOCC1CC(=O)O. The summed E-state index contributed by atoms with van der Waals surface area (Å²) in [7, 11) is 0. The van der Waals surface area contributed by atoms with Crippen molar-refractivity contribution in [2.45, 2.75) is 19.4 Å². The second-order valence-electron chi connectivity index (χ2n) is 5.07. The maximum atomic E-state index is 12.3. The quantitative estimate of drug-likeness (QED) is 0.891. The van der Waals surface area contributed by atoms with E-state index in [1.807, 2.05) is 6.92 Å². The number of benzene rings is 1. The highest BCUT2D eigenvalue weighted by Crippen LogP contribution is 2.25. The van der Waals surface area contributed by atoms with Gasteiger partial charge in [0.05, 0.1) is 25.7 Å². The number of carbonyl (C=O) groups excluding carboxylic acids is 1. The molecule has 1 fully saturated rings. The van der Waals surface area contributed by atoms with Gasteiger partial charge in [-0.05, 0) is 19.1 Å². The van der Waals surface area contributed by atoms with Gasteiger partial charge in [-0.25, -0.2) is 0 Å². The number of amides is 1. The van der Waals surface area contributed by atoms with E-state index in [4.69, 9.17) is 26.2 Å². The van der Waals surface area contributed by atoms with Gasteiger partial charge in [0, 0.05) is 17.1 Å². The van der Waals surface area contributed by atoms with Crippen LogP contribution in [0.4, 0.5) is 0 Å². The highest BCUT2D eigenvalue weighted by Gasteiger charge is 2.29. The molecule has 1 aromatic rings. The number of nitrogens with zero attached hydrogens (tertiary/aromatic N) is 1. The lowest BCUT2D eigenvalue weighted by Crippen LogP contribution is -2.51. The summed E-state index contributed by atoms with van der Waals surface area (Å²) in [5.74, 6) is -0.669. The number of carbonyl (C=O) groups is 2. The zero-order valence-corrected chi connectivity index (χ0v) is 13.0. The molecular weight excluding hydrogens is 310 g/mol. The van der Waals surface area contributed by atoms with Crippen LogP contribution in [-0.2, 0) is 14.3 Å². The number of aliphatic carboxylic acids is 1. The van der Waals surface area contributed by atoms with Gasteiger partial charge in [-0.3, -0.25) is 9.59 Å². The molecule has 0 bridgehead atoms. The normalized spacial score (nSPS) is 18.1. The standard InChI is InChI=1S/C15H18ClNO5/c1-10-12(16)3-2-4-13(10)22-9-14(18)17-5-6-21-8-11(17)7-15(19)20/h2-4,11H,5-9H2,1H3,(H,19,20). The largest absolute Gasteiger partial charge is 0.483 e. The van der Waals surface area contributed by atoms with Crippen LogP contribution in [0, 0.1) is 6.92 Å².